The predicted octanol–water partition coefficient (Wildman–Crippen LogP) is 3.21. The first kappa shape index (κ1) is 27.3. The number of aromatic nitrogens is 2. The summed E-state index contributed by atoms with van der Waals surface area (Å²) >= 11 is 0. The molecule has 0 spiro atoms. The van der Waals surface area contributed by atoms with Crippen LogP contribution in [-0.2, 0) is 30.2 Å². The zero-order chi connectivity index (χ0) is 27.3. The molecule has 1 fully saturated rings. The molecule has 4 rings (SSSR count). The number of primary amides is 1. The summed E-state index contributed by atoms with van der Waals surface area (Å²) in [6.07, 6.45) is -2.32. The fourth-order valence-electron chi connectivity index (χ4n) is 4.55. The molecule has 1 aromatic heterocycles. The number of hydrogen-bond donors (Lipinski definition) is 1. The first-order chi connectivity index (χ1) is 18.1. The van der Waals surface area contributed by atoms with Crippen LogP contribution in [0.3, 0.4) is 0 Å². The van der Waals surface area contributed by atoms with Gasteiger partial charge in [-0.25, -0.2) is 9.97 Å². The second kappa shape index (κ2) is 11.8. The quantitative estimate of drug-likeness (QED) is 0.343. The number of alkyl halides is 3. The van der Waals surface area contributed by atoms with Crippen LogP contribution < -0.4 is 10.6 Å². The summed E-state index contributed by atoms with van der Waals surface area (Å²) in [6.45, 7) is 4.85. The maximum absolute atomic E-state index is 13.7. The highest BCUT2D eigenvalue weighted by Gasteiger charge is 2.34. The Kier molecular flexibility index (Phi) is 8.46. The molecule has 0 saturated carbocycles. The van der Waals surface area contributed by atoms with Crippen LogP contribution in [0.25, 0.3) is 0 Å². The van der Waals surface area contributed by atoms with Crippen molar-refractivity contribution in [1.82, 2.24) is 14.8 Å². The van der Waals surface area contributed by atoms with Crippen molar-refractivity contribution in [2.75, 3.05) is 31.1 Å². The predicted molar refractivity (Wildman–Crippen MR) is 140 cm³/mol. The number of hydrogen-bond acceptors (Lipinski definition) is 6. The summed E-state index contributed by atoms with van der Waals surface area (Å²) in [5.74, 6) is -0.269. The molecule has 2 N–H and O–H groups in total. The molecule has 1 aliphatic heterocycles. The minimum Gasteiger partial charge on any atom is -0.369 e. The Labute approximate surface area is 220 Å². The molecule has 197 valence electrons. The molecule has 2 heterocycles. The third kappa shape index (κ3) is 6.77. The monoisotopic (exact) mass is 522 g/mol. The maximum Gasteiger partial charge on any atom is 0.419 e. The zero-order valence-electron chi connectivity index (χ0n) is 21.0. The topological polar surface area (TPSA) is 92.4 Å². The average Bonchev–Trinajstić information content (AvgIpc) is 2.88. The first-order valence-electron chi connectivity index (χ1n) is 12.3. The van der Waals surface area contributed by atoms with Gasteiger partial charge in [0.25, 0.3) is 7.41 Å². The number of anilines is 1. The van der Waals surface area contributed by atoms with E-state index in [9.17, 15) is 22.8 Å². The second-order valence-corrected chi connectivity index (χ2v) is 9.31. The highest BCUT2D eigenvalue weighted by molar-refractivity contribution is 6.64. The first-order valence-corrected chi connectivity index (χ1v) is 12.3. The van der Waals surface area contributed by atoms with Crippen molar-refractivity contribution in [3.63, 3.8) is 0 Å². The third-order valence-electron chi connectivity index (χ3n) is 6.69. The van der Waals surface area contributed by atoms with Crippen molar-refractivity contribution in [2.24, 2.45) is 5.73 Å². The van der Waals surface area contributed by atoms with Gasteiger partial charge in [0.2, 0.25) is 5.91 Å². The van der Waals surface area contributed by atoms with E-state index in [1.807, 2.05) is 29.1 Å². The van der Waals surface area contributed by atoms with E-state index in [-0.39, 0.29) is 18.5 Å². The van der Waals surface area contributed by atoms with Gasteiger partial charge in [-0.2, -0.15) is 13.2 Å². The van der Waals surface area contributed by atoms with Gasteiger partial charge in [0.05, 0.1) is 17.4 Å². The number of amides is 1. The van der Waals surface area contributed by atoms with E-state index in [0.717, 1.165) is 49.8 Å². The van der Waals surface area contributed by atoms with Crippen LogP contribution in [0.5, 0.6) is 0 Å². The fourth-order valence-corrected chi connectivity index (χ4v) is 4.55. The van der Waals surface area contributed by atoms with Crippen LogP contribution in [-0.4, -0.2) is 60.5 Å². The van der Waals surface area contributed by atoms with Crippen LogP contribution in [0.15, 0.2) is 48.7 Å². The lowest BCUT2D eigenvalue weighted by Crippen LogP contribution is -2.48. The molecule has 7 nitrogen and oxygen atoms in total. The largest absolute Gasteiger partial charge is 0.419 e. The second-order valence-electron chi connectivity index (χ2n) is 9.31. The fraction of sp³-hybridized carbons (Fsp3) is 0.333. The number of piperazine rings is 1. The van der Waals surface area contributed by atoms with Gasteiger partial charge in [-0.15, -0.1) is 0 Å². The molecule has 0 aliphatic carbocycles. The summed E-state index contributed by atoms with van der Waals surface area (Å²) in [6, 6.07) is 12.9. The minimum atomic E-state index is -4.57. The molecule has 1 aliphatic rings. The van der Waals surface area contributed by atoms with Gasteiger partial charge in [-0.05, 0) is 54.7 Å². The van der Waals surface area contributed by atoms with Gasteiger partial charge in [0.15, 0.2) is 0 Å². The lowest BCUT2D eigenvalue weighted by molar-refractivity contribution is -0.138. The van der Waals surface area contributed by atoms with Gasteiger partial charge < -0.3 is 20.2 Å². The Morgan fingerprint density at radius 1 is 1.05 bits per heavy atom. The van der Waals surface area contributed by atoms with Crippen molar-refractivity contribution in [3.8, 4) is 0 Å². The minimum absolute atomic E-state index is 0.0398. The van der Waals surface area contributed by atoms with Crippen LogP contribution in [0.1, 0.15) is 44.1 Å². The van der Waals surface area contributed by atoms with Gasteiger partial charge >= 0.3 is 6.18 Å². The van der Waals surface area contributed by atoms with E-state index >= 15 is 0 Å². The van der Waals surface area contributed by atoms with Crippen LogP contribution in [0.4, 0.5) is 18.9 Å². The number of halogens is 3. The van der Waals surface area contributed by atoms with E-state index in [0.29, 0.717) is 28.9 Å². The van der Waals surface area contributed by atoms with E-state index in [1.165, 1.54) is 0 Å². The highest BCUT2D eigenvalue weighted by Crippen LogP contribution is 2.31. The Balaban J connectivity index is 1.47. The number of carbonyl (C=O) groups is 2. The van der Waals surface area contributed by atoms with Crippen LogP contribution in [0.2, 0.25) is 0 Å². The normalized spacial score (nSPS) is 14.4. The molecule has 0 unspecified atom stereocenters. The van der Waals surface area contributed by atoms with Crippen molar-refractivity contribution in [1.29, 1.82) is 0 Å². The smallest absolute Gasteiger partial charge is 0.369 e. The van der Waals surface area contributed by atoms with Gasteiger partial charge in [-0.3, -0.25) is 4.79 Å². The summed E-state index contributed by atoms with van der Waals surface area (Å²) in [7, 11) is 1.55. The Morgan fingerprint density at radius 3 is 2.37 bits per heavy atom. The maximum atomic E-state index is 13.7. The number of carbonyl (C=O) groups excluding carboxylic acids is 2. The number of nitrogens with zero attached hydrogens (tertiary/aromatic N) is 4. The van der Waals surface area contributed by atoms with E-state index in [2.05, 4.69) is 14.9 Å². The van der Waals surface area contributed by atoms with Gasteiger partial charge in [0, 0.05) is 50.0 Å². The molecular weight excluding hydrogens is 494 g/mol. The molecule has 2 aromatic carbocycles. The van der Waals surface area contributed by atoms with Crippen LogP contribution in [0, 0.1) is 6.92 Å². The lowest BCUT2D eigenvalue weighted by Gasteiger charge is -2.35. The van der Waals surface area contributed by atoms with E-state index < -0.39 is 17.6 Å². The van der Waals surface area contributed by atoms with Crippen molar-refractivity contribution in [2.45, 2.75) is 32.4 Å². The van der Waals surface area contributed by atoms with Crippen molar-refractivity contribution < 1.29 is 22.8 Å². The molecule has 1 amide bonds. The SMILES string of the molecule is Cc1ccc(CCc2nc(Cc3ccc(N4CCN([B]C=O)CC4)cc3)ncc2C(F)(F)F)cc1C(N)=O. The van der Waals surface area contributed by atoms with E-state index in [4.69, 9.17) is 5.73 Å². The number of rotatable bonds is 9. The summed E-state index contributed by atoms with van der Waals surface area (Å²) in [5.41, 5.74) is 8.18. The summed E-state index contributed by atoms with van der Waals surface area (Å²) in [5, 5.41) is 0. The highest BCUT2D eigenvalue weighted by atomic mass is 19.4. The molecular formula is C27H28BF3N5O2. The standard InChI is InChI=1S/C27H28BF3N5O2/c1-18-2-3-19(14-22(18)26(32)38)6-9-24-23(27(29,30)31)16-33-25(34-24)15-20-4-7-21(8-5-20)35-10-12-36(13-11-35)28-17-37/h2-5,7-8,14,16-17H,6,9-13,15H2,1H3,(H2,32,38). The Morgan fingerprint density at radius 2 is 1.74 bits per heavy atom. The molecule has 11 heteroatoms. The molecule has 0 atom stereocenters. The molecule has 38 heavy (non-hydrogen) atoms. The summed E-state index contributed by atoms with van der Waals surface area (Å²) in [4.78, 5) is 34.8. The lowest BCUT2D eigenvalue weighted by atomic mass is 9.93. The Bertz CT molecular complexity index is 1290. The molecule has 3 aromatic rings. The molecule has 1 saturated heterocycles. The Hall–Kier alpha value is -3.73. The van der Waals surface area contributed by atoms with Crippen LogP contribution >= 0.6 is 0 Å². The molecule has 0 bridgehead atoms. The van der Waals surface area contributed by atoms with E-state index in [1.54, 1.807) is 32.5 Å². The van der Waals surface area contributed by atoms with Crippen molar-refractivity contribution >= 4 is 25.2 Å². The number of aryl methyl sites for hydroxylation is 3. The molecule has 1 radical (unpaired) electrons. The summed E-state index contributed by atoms with van der Waals surface area (Å²) < 4.78 is 41.0. The van der Waals surface area contributed by atoms with Crippen molar-refractivity contribution in [3.05, 3.63) is 88.0 Å². The number of benzene rings is 2. The number of nitrogens with two attached hydrogens (primary N) is 1. The van der Waals surface area contributed by atoms with Gasteiger partial charge in [-0.1, -0.05) is 24.3 Å². The van der Waals surface area contributed by atoms with Gasteiger partial charge in [0.1, 0.15) is 5.82 Å². The zero-order valence-corrected chi connectivity index (χ0v) is 21.0. The third-order valence-corrected chi connectivity index (χ3v) is 6.69. The average molecular weight is 522 g/mol.